The maximum atomic E-state index is 13.4. The minimum atomic E-state index is -3.93. The molecule has 31 heavy (non-hydrogen) atoms. The molecule has 1 aliphatic rings. The molecular weight excluding hydrogens is 416 g/mol. The summed E-state index contributed by atoms with van der Waals surface area (Å²) in [6, 6.07) is 20.3. The largest absolute Gasteiger partial charge is 0.497 e. The molecule has 8 heteroatoms. The molecule has 3 aromatic rings. The molecule has 1 heterocycles. The van der Waals surface area contributed by atoms with E-state index < -0.39 is 22.0 Å². The molecule has 0 unspecified atom stereocenters. The molecule has 0 spiro atoms. The van der Waals surface area contributed by atoms with Gasteiger partial charge in [0, 0.05) is 5.69 Å². The third-order valence-corrected chi connectivity index (χ3v) is 6.75. The summed E-state index contributed by atoms with van der Waals surface area (Å²) in [6.07, 6.45) is -1.01. The van der Waals surface area contributed by atoms with Crippen molar-refractivity contribution >= 4 is 27.3 Å². The Kier molecular flexibility index (Phi) is 5.56. The molecule has 1 atom stereocenters. The highest BCUT2D eigenvalue weighted by molar-refractivity contribution is 7.92. The second-order valence-electron chi connectivity index (χ2n) is 7.14. The first-order valence-electron chi connectivity index (χ1n) is 9.68. The van der Waals surface area contributed by atoms with Crippen LogP contribution in [0, 0.1) is 6.92 Å². The molecule has 7 nitrogen and oxygen atoms in total. The molecule has 0 saturated carbocycles. The van der Waals surface area contributed by atoms with E-state index in [0.717, 1.165) is 5.56 Å². The van der Waals surface area contributed by atoms with E-state index in [1.165, 1.54) is 23.5 Å². The van der Waals surface area contributed by atoms with E-state index in [1.807, 2.05) is 25.1 Å². The standard InChI is InChI=1S/C23H22N2O5S/c1-16-6-5-7-17(14-16)24-23(26)22-15-25(20-8-3-4-9-21(20)30-22)31(27,28)19-12-10-18(29-2)11-13-19/h3-14,22H,15H2,1-2H3,(H,24,26)/t22-/m0/s1. The third-order valence-electron chi connectivity index (χ3n) is 4.96. The minimum absolute atomic E-state index is 0.0999. The van der Waals surface area contributed by atoms with Gasteiger partial charge in [0.25, 0.3) is 15.9 Å². The van der Waals surface area contributed by atoms with E-state index in [2.05, 4.69) is 5.32 Å². The number of carbonyl (C=O) groups is 1. The minimum Gasteiger partial charge on any atom is -0.497 e. The zero-order valence-electron chi connectivity index (χ0n) is 17.1. The molecule has 1 aliphatic heterocycles. The van der Waals surface area contributed by atoms with Gasteiger partial charge in [-0.3, -0.25) is 9.10 Å². The molecule has 0 radical (unpaired) electrons. The van der Waals surface area contributed by atoms with Crippen LogP contribution in [0.15, 0.2) is 77.7 Å². The van der Waals surface area contributed by atoms with Gasteiger partial charge in [0.2, 0.25) is 0 Å². The SMILES string of the molecule is COc1ccc(S(=O)(=O)N2C[C@@H](C(=O)Nc3cccc(C)c3)Oc3ccccc32)cc1. The number of carbonyl (C=O) groups excluding carboxylic acids is 1. The molecule has 1 N–H and O–H groups in total. The van der Waals surface area contributed by atoms with Gasteiger partial charge < -0.3 is 14.8 Å². The predicted octanol–water partition coefficient (Wildman–Crippen LogP) is 3.60. The Bertz CT molecular complexity index is 1210. The van der Waals surface area contributed by atoms with Gasteiger partial charge in [-0.05, 0) is 61.0 Å². The second-order valence-corrected chi connectivity index (χ2v) is 9.01. The Labute approximate surface area is 181 Å². The Morgan fingerprint density at radius 2 is 1.81 bits per heavy atom. The number of nitrogens with zero attached hydrogens (tertiary/aromatic N) is 1. The van der Waals surface area contributed by atoms with E-state index in [4.69, 9.17) is 9.47 Å². The number of benzene rings is 3. The maximum Gasteiger partial charge on any atom is 0.267 e. The number of hydrogen-bond donors (Lipinski definition) is 1. The van der Waals surface area contributed by atoms with Crippen molar-refractivity contribution < 1.29 is 22.7 Å². The molecule has 4 rings (SSSR count). The lowest BCUT2D eigenvalue weighted by Crippen LogP contribution is -2.48. The highest BCUT2D eigenvalue weighted by Gasteiger charge is 2.37. The Hall–Kier alpha value is -3.52. The van der Waals surface area contributed by atoms with E-state index >= 15 is 0 Å². The van der Waals surface area contributed by atoms with Crippen molar-refractivity contribution in [2.45, 2.75) is 17.9 Å². The Balaban J connectivity index is 1.66. The summed E-state index contributed by atoms with van der Waals surface area (Å²) < 4.78 is 39.0. The van der Waals surface area contributed by atoms with Crippen molar-refractivity contribution in [3.63, 3.8) is 0 Å². The summed E-state index contributed by atoms with van der Waals surface area (Å²) in [6.45, 7) is 1.77. The van der Waals surface area contributed by atoms with Crippen LogP contribution in [-0.2, 0) is 14.8 Å². The molecule has 0 fully saturated rings. The maximum absolute atomic E-state index is 13.4. The van der Waals surface area contributed by atoms with Crippen LogP contribution >= 0.6 is 0 Å². The smallest absolute Gasteiger partial charge is 0.267 e. The van der Waals surface area contributed by atoms with Crippen LogP contribution in [0.5, 0.6) is 11.5 Å². The number of ether oxygens (including phenoxy) is 2. The quantitative estimate of drug-likeness (QED) is 0.658. The highest BCUT2D eigenvalue weighted by Crippen LogP contribution is 2.37. The summed E-state index contributed by atoms with van der Waals surface area (Å²) >= 11 is 0. The van der Waals surface area contributed by atoms with Crippen molar-refractivity contribution in [3.8, 4) is 11.5 Å². The summed E-state index contributed by atoms with van der Waals surface area (Å²) in [5.74, 6) is 0.460. The number of aryl methyl sites for hydroxylation is 1. The summed E-state index contributed by atoms with van der Waals surface area (Å²) in [7, 11) is -2.42. The Morgan fingerprint density at radius 1 is 1.06 bits per heavy atom. The van der Waals surface area contributed by atoms with Gasteiger partial charge in [-0.1, -0.05) is 24.3 Å². The lowest BCUT2D eigenvalue weighted by molar-refractivity contribution is -0.122. The monoisotopic (exact) mass is 438 g/mol. The van der Waals surface area contributed by atoms with Crippen LogP contribution < -0.4 is 19.1 Å². The lowest BCUT2D eigenvalue weighted by Gasteiger charge is -2.34. The van der Waals surface area contributed by atoms with E-state index in [-0.39, 0.29) is 11.4 Å². The molecule has 160 valence electrons. The normalized spacial score (nSPS) is 15.5. The van der Waals surface area contributed by atoms with E-state index in [0.29, 0.717) is 22.9 Å². The van der Waals surface area contributed by atoms with Crippen LogP contribution in [0.1, 0.15) is 5.56 Å². The average Bonchev–Trinajstić information content (AvgIpc) is 2.78. The number of methoxy groups -OCH3 is 1. The number of rotatable bonds is 5. The first-order valence-corrected chi connectivity index (χ1v) is 11.1. The fourth-order valence-electron chi connectivity index (χ4n) is 3.39. The number of fused-ring (bicyclic) bond motifs is 1. The molecule has 0 saturated heterocycles. The van der Waals surface area contributed by atoms with Gasteiger partial charge >= 0.3 is 0 Å². The summed E-state index contributed by atoms with van der Waals surface area (Å²) in [5.41, 5.74) is 2.01. The van der Waals surface area contributed by atoms with Gasteiger partial charge in [-0.15, -0.1) is 0 Å². The average molecular weight is 439 g/mol. The van der Waals surface area contributed by atoms with E-state index in [1.54, 1.807) is 42.5 Å². The number of amides is 1. The van der Waals surface area contributed by atoms with Crippen molar-refractivity contribution in [1.82, 2.24) is 0 Å². The van der Waals surface area contributed by atoms with Gasteiger partial charge in [0.1, 0.15) is 11.5 Å². The first-order chi connectivity index (χ1) is 14.9. The third kappa shape index (κ3) is 4.20. The van der Waals surface area contributed by atoms with Gasteiger partial charge in [-0.2, -0.15) is 0 Å². The van der Waals surface area contributed by atoms with E-state index in [9.17, 15) is 13.2 Å². The fraction of sp³-hybridized carbons (Fsp3) is 0.174. The van der Waals surface area contributed by atoms with Crippen LogP contribution in [-0.4, -0.2) is 34.1 Å². The summed E-state index contributed by atoms with van der Waals surface area (Å²) in [4.78, 5) is 13.0. The van der Waals surface area contributed by atoms with Gasteiger partial charge in [0.15, 0.2) is 6.10 Å². The molecule has 3 aromatic carbocycles. The van der Waals surface area contributed by atoms with Gasteiger partial charge in [0.05, 0.1) is 24.2 Å². The topological polar surface area (TPSA) is 84.9 Å². The predicted molar refractivity (Wildman–Crippen MR) is 118 cm³/mol. The van der Waals surface area contributed by atoms with Crippen molar-refractivity contribution in [1.29, 1.82) is 0 Å². The number of hydrogen-bond acceptors (Lipinski definition) is 5. The Morgan fingerprint density at radius 3 is 2.52 bits per heavy atom. The zero-order chi connectivity index (χ0) is 22.0. The summed E-state index contributed by atoms with van der Waals surface area (Å²) in [5, 5.41) is 2.81. The number of sulfonamides is 1. The van der Waals surface area contributed by atoms with Crippen LogP contribution in [0.4, 0.5) is 11.4 Å². The first kappa shape index (κ1) is 20.7. The number of para-hydroxylation sites is 2. The molecule has 0 aromatic heterocycles. The van der Waals surface area contributed by atoms with Gasteiger partial charge in [-0.25, -0.2) is 8.42 Å². The van der Waals surface area contributed by atoms with Crippen molar-refractivity contribution in [2.24, 2.45) is 0 Å². The van der Waals surface area contributed by atoms with Crippen molar-refractivity contribution in [3.05, 3.63) is 78.4 Å². The molecule has 0 bridgehead atoms. The number of anilines is 2. The zero-order valence-corrected chi connectivity index (χ0v) is 17.9. The van der Waals surface area contributed by atoms with Crippen molar-refractivity contribution in [2.75, 3.05) is 23.3 Å². The van der Waals surface area contributed by atoms with Crippen LogP contribution in [0.25, 0.3) is 0 Å². The lowest BCUT2D eigenvalue weighted by atomic mass is 10.2. The van der Waals surface area contributed by atoms with Crippen LogP contribution in [0.2, 0.25) is 0 Å². The fourth-order valence-corrected chi connectivity index (χ4v) is 4.86. The molecule has 0 aliphatic carbocycles. The number of nitrogens with one attached hydrogen (secondary N) is 1. The molecule has 1 amide bonds. The highest BCUT2D eigenvalue weighted by atomic mass is 32.2. The second kappa shape index (κ2) is 8.31. The molecular formula is C23H22N2O5S. The van der Waals surface area contributed by atoms with Crippen LogP contribution in [0.3, 0.4) is 0 Å².